The van der Waals surface area contributed by atoms with E-state index in [0.717, 1.165) is 79.6 Å². The number of aromatic nitrogens is 2. The van der Waals surface area contributed by atoms with Gasteiger partial charge in [0.1, 0.15) is 11.0 Å². The number of nitrogens with one attached hydrogen (secondary N) is 1. The van der Waals surface area contributed by atoms with Gasteiger partial charge in [0.25, 0.3) is 0 Å². The van der Waals surface area contributed by atoms with E-state index in [1.807, 2.05) is 34.2 Å². The molecule has 3 saturated heterocycles. The van der Waals surface area contributed by atoms with E-state index < -0.39 is 17.0 Å². The van der Waals surface area contributed by atoms with Gasteiger partial charge in [0, 0.05) is 50.6 Å². The first-order valence-corrected chi connectivity index (χ1v) is 17.5. The monoisotopic (exact) mass is 644 g/mol. The lowest BCUT2D eigenvalue weighted by Gasteiger charge is -2.39. The van der Waals surface area contributed by atoms with E-state index in [-0.39, 0.29) is 18.4 Å². The van der Waals surface area contributed by atoms with Gasteiger partial charge >= 0.3 is 6.03 Å². The van der Waals surface area contributed by atoms with Crippen molar-refractivity contribution in [2.45, 2.75) is 75.3 Å². The van der Waals surface area contributed by atoms with Gasteiger partial charge in [-0.1, -0.05) is 13.0 Å². The molecule has 11 nitrogen and oxygen atoms in total. The predicted molar refractivity (Wildman–Crippen MR) is 178 cm³/mol. The maximum atomic E-state index is 13.3. The van der Waals surface area contributed by atoms with Crippen LogP contribution in [0.3, 0.4) is 0 Å². The van der Waals surface area contributed by atoms with Crippen LogP contribution < -0.4 is 16.0 Å². The Labute approximate surface area is 273 Å². The van der Waals surface area contributed by atoms with E-state index in [1.54, 1.807) is 4.90 Å². The summed E-state index contributed by atoms with van der Waals surface area (Å²) in [6, 6.07) is 14.5. The number of aryl methyl sites for hydroxylation is 1. The molecule has 0 bridgehead atoms. The zero-order chi connectivity index (χ0) is 32.5. The minimum atomic E-state index is -1.25. The third kappa shape index (κ3) is 6.60. The summed E-state index contributed by atoms with van der Waals surface area (Å²) >= 11 is 0. The molecule has 1 aromatic heterocycles. The molecule has 3 N–H and O–H groups in total. The summed E-state index contributed by atoms with van der Waals surface area (Å²) in [6.45, 7) is 8.28. The van der Waals surface area contributed by atoms with Crippen molar-refractivity contribution in [1.82, 2.24) is 24.3 Å². The van der Waals surface area contributed by atoms with Crippen LogP contribution >= 0.6 is 0 Å². The van der Waals surface area contributed by atoms with Gasteiger partial charge in [0.05, 0.1) is 22.0 Å². The zero-order valence-corrected chi connectivity index (χ0v) is 27.8. The van der Waals surface area contributed by atoms with Crippen LogP contribution in [0.1, 0.15) is 68.6 Å². The molecule has 3 amide bonds. The average Bonchev–Trinajstić information content (AvgIpc) is 3.39. The number of nitriles is 1. The molecular weight excluding hydrogens is 600 g/mol. The molecule has 0 saturated carbocycles. The van der Waals surface area contributed by atoms with Crippen molar-refractivity contribution in [3.63, 3.8) is 0 Å². The highest BCUT2D eigenvalue weighted by molar-refractivity contribution is 7.82. The molecule has 0 spiro atoms. The molecule has 46 heavy (non-hydrogen) atoms. The number of rotatable bonds is 8. The van der Waals surface area contributed by atoms with Crippen molar-refractivity contribution in [1.29, 1.82) is 5.26 Å². The van der Waals surface area contributed by atoms with Gasteiger partial charge in [-0.3, -0.25) is 19.7 Å². The van der Waals surface area contributed by atoms with Gasteiger partial charge in [-0.15, -0.1) is 0 Å². The van der Waals surface area contributed by atoms with E-state index in [4.69, 9.17) is 5.73 Å². The smallest absolute Gasteiger partial charge is 0.328 e. The molecule has 3 unspecified atom stereocenters. The first kappa shape index (κ1) is 32.3. The van der Waals surface area contributed by atoms with Crippen LogP contribution in [0.25, 0.3) is 10.9 Å². The number of anilines is 1. The van der Waals surface area contributed by atoms with Crippen LogP contribution in [0.15, 0.2) is 41.3 Å². The van der Waals surface area contributed by atoms with Crippen molar-refractivity contribution in [3.05, 3.63) is 53.1 Å². The Morgan fingerprint density at radius 2 is 1.78 bits per heavy atom. The number of piperidine rings is 2. The van der Waals surface area contributed by atoms with E-state index in [1.165, 1.54) is 5.56 Å². The molecule has 3 aromatic rings. The molecule has 4 heterocycles. The molecular formula is C34H44N8O3S. The van der Waals surface area contributed by atoms with Gasteiger partial charge in [0.15, 0.2) is 5.82 Å². The largest absolute Gasteiger partial charge is 0.329 e. The van der Waals surface area contributed by atoms with Crippen LogP contribution in [-0.2, 0) is 29.2 Å². The molecule has 3 fully saturated rings. The quantitative estimate of drug-likeness (QED) is 0.380. The second kappa shape index (κ2) is 13.6. The number of nitrogens with zero attached hydrogens (tertiary/aromatic N) is 6. The lowest BCUT2D eigenvalue weighted by molar-refractivity contribution is -0.120. The summed E-state index contributed by atoms with van der Waals surface area (Å²) in [5.74, 6) is 1.07. The fourth-order valence-corrected chi connectivity index (χ4v) is 8.41. The number of hydrogen-bond acceptors (Lipinski definition) is 7. The summed E-state index contributed by atoms with van der Waals surface area (Å²) in [6.07, 6.45) is 4.80. The second-order valence-electron chi connectivity index (χ2n) is 13.2. The highest BCUT2D eigenvalue weighted by Gasteiger charge is 2.30. The molecule has 0 radical (unpaired) electrons. The second-order valence-corrected chi connectivity index (χ2v) is 14.6. The highest BCUT2D eigenvalue weighted by atomic mass is 32.2. The Bertz CT molecular complexity index is 1680. The lowest BCUT2D eigenvalue weighted by atomic mass is 9.86. The van der Waals surface area contributed by atoms with Crippen molar-refractivity contribution >= 4 is 39.6 Å². The van der Waals surface area contributed by atoms with Gasteiger partial charge < -0.3 is 10.6 Å². The van der Waals surface area contributed by atoms with Crippen LogP contribution in [0.5, 0.6) is 0 Å². The number of amides is 3. The van der Waals surface area contributed by atoms with Crippen molar-refractivity contribution in [2.75, 3.05) is 37.6 Å². The van der Waals surface area contributed by atoms with Crippen LogP contribution in [-0.4, -0.2) is 79.9 Å². The summed E-state index contributed by atoms with van der Waals surface area (Å²) in [5.41, 5.74) is 9.92. The Kier molecular flexibility index (Phi) is 9.57. The van der Waals surface area contributed by atoms with Gasteiger partial charge in [-0.2, -0.15) is 10.4 Å². The molecule has 3 aliphatic rings. The molecule has 3 aliphatic heterocycles. The molecule has 12 heteroatoms. The maximum Gasteiger partial charge on any atom is 0.329 e. The normalized spacial score (nSPS) is 21.2. The number of hydrogen-bond donors (Lipinski definition) is 2. The maximum absolute atomic E-state index is 13.3. The fourth-order valence-electron chi connectivity index (χ4n) is 7.14. The van der Waals surface area contributed by atoms with E-state index in [0.29, 0.717) is 35.8 Å². The molecule has 6 rings (SSSR count). The Morgan fingerprint density at radius 3 is 2.48 bits per heavy atom. The Balaban J connectivity index is 1.09. The van der Waals surface area contributed by atoms with Crippen LogP contribution in [0.2, 0.25) is 0 Å². The number of carbonyl (C=O) groups excluding carboxylic acids is 2. The molecule has 0 aliphatic carbocycles. The Hall–Kier alpha value is -3.63. The van der Waals surface area contributed by atoms with E-state index >= 15 is 0 Å². The minimum Gasteiger partial charge on any atom is -0.328 e. The highest BCUT2D eigenvalue weighted by Crippen LogP contribution is 2.35. The number of benzene rings is 2. The summed E-state index contributed by atoms with van der Waals surface area (Å²) < 4.78 is 17.1. The fraction of sp³-hybridized carbons (Fsp3) is 0.529. The number of fused-ring (bicyclic) bond motifs is 1. The van der Waals surface area contributed by atoms with Crippen molar-refractivity contribution in [2.24, 2.45) is 18.7 Å². The van der Waals surface area contributed by atoms with Crippen LogP contribution in [0.4, 0.5) is 10.6 Å². The lowest BCUT2D eigenvalue weighted by Crippen LogP contribution is -2.49. The van der Waals surface area contributed by atoms with Gasteiger partial charge in [-0.05, 0) is 105 Å². The summed E-state index contributed by atoms with van der Waals surface area (Å²) in [4.78, 5) is 29.0. The average molecular weight is 645 g/mol. The minimum absolute atomic E-state index is 0.181. The van der Waals surface area contributed by atoms with Crippen molar-refractivity contribution in [3.8, 4) is 6.07 Å². The summed E-state index contributed by atoms with van der Waals surface area (Å²) in [7, 11) is 0.641. The topological polar surface area (TPSA) is 141 Å². The van der Waals surface area contributed by atoms with Gasteiger partial charge in [0.2, 0.25) is 5.91 Å². The Morgan fingerprint density at radius 1 is 1.04 bits per heavy atom. The number of nitrogens with two attached hydrogens (primary N) is 1. The molecule has 2 aromatic carbocycles. The SMILES string of the molecule is CC(Cc1cc(S(=O)N2CCC(N)CC2)ccc1C#N)C(C)N1CCC(c2ccc3c(N4CCC(=O)NC4=O)nn(C)c3c2)CC1. The van der Waals surface area contributed by atoms with Gasteiger partial charge in [-0.25, -0.2) is 13.3 Å². The van der Waals surface area contributed by atoms with E-state index in [9.17, 15) is 19.1 Å². The first-order valence-electron chi connectivity index (χ1n) is 16.4. The zero-order valence-electron chi connectivity index (χ0n) is 26.9. The van der Waals surface area contributed by atoms with Crippen LogP contribution in [0, 0.1) is 17.2 Å². The standard InChI is InChI=1S/C34H44N8O3S/c1-22(18-27-19-29(6-4-26(27)21-35)46(45)41-15-10-28(36)11-16-41)23(2)40-13-8-24(9-14-40)25-5-7-30-31(20-25)39(3)38-33(30)42-17-12-32(43)37-34(42)44/h4-7,19-20,22-24,28H,8-18,36H2,1-3H3,(H,37,43,44). The summed E-state index contributed by atoms with van der Waals surface area (Å²) in [5, 5.41) is 17.8. The number of likely N-dealkylation sites (tertiary alicyclic amines) is 1. The first-order chi connectivity index (χ1) is 22.1. The number of carbonyl (C=O) groups is 2. The third-order valence-corrected chi connectivity index (χ3v) is 11.7. The van der Waals surface area contributed by atoms with Crippen molar-refractivity contribution < 1.29 is 13.8 Å². The number of imide groups is 1. The molecule has 244 valence electrons. The van der Waals surface area contributed by atoms with E-state index in [2.05, 4.69) is 53.4 Å². The predicted octanol–water partition coefficient (Wildman–Crippen LogP) is 3.78. The molecule has 3 atom stereocenters. The third-order valence-electron chi connectivity index (χ3n) is 10.2. The number of urea groups is 1.